The summed E-state index contributed by atoms with van der Waals surface area (Å²) in [5.41, 5.74) is 0. The van der Waals surface area contributed by atoms with Crippen molar-refractivity contribution in [1.82, 2.24) is 0 Å². The Hall–Kier alpha value is -1.01. The second-order valence-electron chi connectivity index (χ2n) is 2.78. The van der Waals surface area contributed by atoms with E-state index < -0.39 is 5.97 Å². The van der Waals surface area contributed by atoms with E-state index in [1.54, 1.807) is 0 Å². The van der Waals surface area contributed by atoms with Crippen LogP contribution in [0.15, 0.2) is 0 Å². The van der Waals surface area contributed by atoms with Crippen molar-refractivity contribution in [2.75, 3.05) is 6.61 Å². The number of hydrogen-bond acceptors (Lipinski definition) is 2. The molecule has 3 heteroatoms. The predicted octanol–water partition coefficient (Wildman–Crippen LogP) is 1.03. The van der Waals surface area contributed by atoms with Crippen LogP contribution in [0.1, 0.15) is 25.7 Å². The molecule has 1 unspecified atom stereocenters. The standard InChI is InChI=1S/C9H12O3/c10-9(11)6-2-1-4-8-5-3-7-12-8/h8H,1,3-5,7H2,(H,10,11). The Morgan fingerprint density at radius 1 is 1.67 bits per heavy atom. The van der Waals surface area contributed by atoms with Crippen LogP contribution < -0.4 is 0 Å². The smallest absolute Gasteiger partial charge is 0.381 e. The van der Waals surface area contributed by atoms with Gasteiger partial charge in [0.05, 0.1) is 6.10 Å². The van der Waals surface area contributed by atoms with Crippen molar-refractivity contribution in [3.05, 3.63) is 0 Å². The van der Waals surface area contributed by atoms with Crippen LogP contribution in [0, 0.1) is 11.8 Å². The molecule has 1 aliphatic rings. The molecule has 1 fully saturated rings. The molecule has 0 aromatic rings. The first kappa shape index (κ1) is 9.08. The van der Waals surface area contributed by atoms with E-state index in [0.29, 0.717) is 12.5 Å². The fourth-order valence-corrected chi connectivity index (χ4v) is 1.24. The molecule has 12 heavy (non-hydrogen) atoms. The van der Waals surface area contributed by atoms with Gasteiger partial charge in [-0.15, -0.1) is 0 Å². The van der Waals surface area contributed by atoms with Crippen molar-refractivity contribution >= 4 is 5.97 Å². The Balaban J connectivity index is 2.10. The molecule has 0 aliphatic carbocycles. The highest BCUT2D eigenvalue weighted by atomic mass is 16.5. The minimum atomic E-state index is -1.05. The van der Waals surface area contributed by atoms with E-state index in [-0.39, 0.29) is 0 Å². The lowest BCUT2D eigenvalue weighted by Crippen LogP contribution is -2.03. The minimum Gasteiger partial charge on any atom is -0.472 e. The van der Waals surface area contributed by atoms with Gasteiger partial charge in [-0.05, 0) is 19.3 Å². The average Bonchev–Trinajstić information content (AvgIpc) is 2.49. The van der Waals surface area contributed by atoms with Gasteiger partial charge in [0.1, 0.15) is 0 Å². The summed E-state index contributed by atoms with van der Waals surface area (Å²) in [6, 6.07) is 0. The highest BCUT2D eigenvalue weighted by molar-refractivity contribution is 5.86. The molecular formula is C9H12O3. The highest BCUT2D eigenvalue weighted by Crippen LogP contribution is 2.15. The Bertz CT molecular complexity index is 206. The molecule has 1 saturated heterocycles. The van der Waals surface area contributed by atoms with Crippen molar-refractivity contribution in [1.29, 1.82) is 0 Å². The van der Waals surface area contributed by atoms with Gasteiger partial charge in [-0.2, -0.15) is 0 Å². The third-order valence-electron chi connectivity index (χ3n) is 1.81. The predicted molar refractivity (Wildman–Crippen MR) is 43.6 cm³/mol. The maximum atomic E-state index is 9.99. The maximum Gasteiger partial charge on any atom is 0.381 e. The summed E-state index contributed by atoms with van der Waals surface area (Å²) in [6.45, 7) is 0.844. The van der Waals surface area contributed by atoms with Crippen molar-refractivity contribution in [2.24, 2.45) is 0 Å². The lowest BCUT2D eigenvalue weighted by Gasteiger charge is -2.04. The average molecular weight is 168 g/mol. The van der Waals surface area contributed by atoms with Gasteiger partial charge in [0.2, 0.25) is 0 Å². The lowest BCUT2D eigenvalue weighted by atomic mass is 10.1. The van der Waals surface area contributed by atoms with E-state index in [4.69, 9.17) is 9.84 Å². The van der Waals surface area contributed by atoms with Gasteiger partial charge in [-0.3, -0.25) is 0 Å². The van der Waals surface area contributed by atoms with Gasteiger partial charge in [0.15, 0.2) is 0 Å². The molecule has 66 valence electrons. The first-order valence-electron chi connectivity index (χ1n) is 4.12. The van der Waals surface area contributed by atoms with Crippen molar-refractivity contribution in [2.45, 2.75) is 31.8 Å². The number of carbonyl (C=O) groups is 1. The van der Waals surface area contributed by atoms with Crippen LogP contribution in [-0.2, 0) is 9.53 Å². The van der Waals surface area contributed by atoms with Gasteiger partial charge >= 0.3 is 5.97 Å². The molecule has 0 spiro atoms. The van der Waals surface area contributed by atoms with Gasteiger partial charge in [-0.1, -0.05) is 5.92 Å². The van der Waals surface area contributed by atoms with E-state index in [9.17, 15) is 4.79 Å². The third-order valence-corrected chi connectivity index (χ3v) is 1.81. The molecule has 0 bridgehead atoms. The molecular weight excluding hydrogens is 156 g/mol. The molecule has 1 rings (SSSR count). The highest BCUT2D eigenvalue weighted by Gasteiger charge is 2.13. The van der Waals surface area contributed by atoms with Gasteiger partial charge in [0, 0.05) is 18.9 Å². The van der Waals surface area contributed by atoms with Crippen LogP contribution in [0.25, 0.3) is 0 Å². The molecule has 1 heterocycles. The van der Waals surface area contributed by atoms with Crippen molar-refractivity contribution < 1.29 is 14.6 Å². The summed E-state index contributed by atoms with van der Waals surface area (Å²) in [5.74, 6) is 3.61. The molecule has 3 nitrogen and oxygen atoms in total. The third kappa shape index (κ3) is 3.40. The van der Waals surface area contributed by atoms with E-state index in [1.807, 2.05) is 0 Å². The topological polar surface area (TPSA) is 46.5 Å². The summed E-state index contributed by atoms with van der Waals surface area (Å²) in [4.78, 5) is 9.99. The van der Waals surface area contributed by atoms with Crippen LogP contribution in [0.5, 0.6) is 0 Å². The lowest BCUT2D eigenvalue weighted by molar-refractivity contribution is -0.130. The maximum absolute atomic E-state index is 9.99. The Labute approximate surface area is 71.7 Å². The zero-order chi connectivity index (χ0) is 8.81. The molecule has 0 aromatic carbocycles. The molecule has 0 aromatic heterocycles. The monoisotopic (exact) mass is 168 g/mol. The van der Waals surface area contributed by atoms with Crippen LogP contribution in [0.2, 0.25) is 0 Å². The Morgan fingerprint density at radius 2 is 2.50 bits per heavy atom. The van der Waals surface area contributed by atoms with Crippen LogP contribution in [0.3, 0.4) is 0 Å². The fraction of sp³-hybridized carbons (Fsp3) is 0.667. The number of carboxylic acid groups (broad SMARTS) is 1. The number of hydrogen-bond donors (Lipinski definition) is 1. The Morgan fingerprint density at radius 3 is 3.08 bits per heavy atom. The van der Waals surface area contributed by atoms with Crippen LogP contribution in [-0.4, -0.2) is 23.8 Å². The summed E-state index contributed by atoms with van der Waals surface area (Å²) in [7, 11) is 0. The zero-order valence-corrected chi connectivity index (χ0v) is 6.88. The zero-order valence-electron chi connectivity index (χ0n) is 6.88. The normalized spacial score (nSPS) is 21.5. The quantitative estimate of drug-likeness (QED) is 0.626. The SMILES string of the molecule is O=C(O)C#CCCC1CCCO1. The summed E-state index contributed by atoms with van der Waals surface area (Å²) >= 11 is 0. The second kappa shape index (κ2) is 4.78. The molecule has 1 aliphatic heterocycles. The first-order valence-corrected chi connectivity index (χ1v) is 4.12. The first-order chi connectivity index (χ1) is 5.79. The van der Waals surface area contributed by atoms with Crippen LogP contribution >= 0.6 is 0 Å². The summed E-state index contributed by atoms with van der Waals surface area (Å²) < 4.78 is 5.34. The van der Waals surface area contributed by atoms with Gasteiger partial charge in [0.25, 0.3) is 0 Å². The van der Waals surface area contributed by atoms with Crippen LogP contribution in [0.4, 0.5) is 0 Å². The molecule has 1 N–H and O–H groups in total. The van der Waals surface area contributed by atoms with Crippen molar-refractivity contribution in [3.8, 4) is 11.8 Å². The number of ether oxygens (including phenoxy) is 1. The number of rotatable bonds is 2. The number of carboxylic acids is 1. The molecule has 0 radical (unpaired) electrons. The summed E-state index contributed by atoms with van der Waals surface area (Å²) in [6.07, 6.45) is 4.01. The molecule has 1 atom stereocenters. The second-order valence-corrected chi connectivity index (χ2v) is 2.78. The Kier molecular flexibility index (Phi) is 3.62. The fourth-order valence-electron chi connectivity index (χ4n) is 1.24. The van der Waals surface area contributed by atoms with Crippen molar-refractivity contribution in [3.63, 3.8) is 0 Å². The minimum absolute atomic E-state index is 0.313. The van der Waals surface area contributed by atoms with E-state index in [0.717, 1.165) is 25.9 Å². The van der Waals surface area contributed by atoms with E-state index in [2.05, 4.69) is 11.8 Å². The van der Waals surface area contributed by atoms with Gasteiger partial charge in [-0.25, -0.2) is 4.79 Å². The number of aliphatic carboxylic acids is 1. The largest absolute Gasteiger partial charge is 0.472 e. The van der Waals surface area contributed by atoms with E-state index >= 15 is 0 Å². The summed E-state index contributed by atoms with van der Waals surface area (Å²) in [5, 5.41) is 8.20. The van der Waals surface area contributed by atoms with E-state index in [1.165, 1.54) is 0 Å². The molecule has 0 amide bonds. The molecule has 0 saturated carbocycles. The van der Waals surface area contributed by atoms with Gasteiger partial charge < -0.3 is 9.84 Å².